The number of aliphatic hydroxyl groups is 1. The van der Waals surface area contributed by atoms with Crippen molar-refractivity contribution in [2.45, 2.75) is 25.7 Å². The lowest BCUT2D eigenvalue weighted by molar-refractivity contribution is -0.0323. The van der Waals surface area contributed by atoms with Crippen LogP contribution in [0.3, 0.4) is 0 Å². The number of hydrogen-bond acceptors (Lipinski definition) is 4. The van der Waals surface area contributed by atoms with Crippen LogP contribution in [0.2, 0.25) is 0 Å². The van der Waals surface area contributed by atoms with Crippen LogP contribution in [0.5, 0.6) is 0 Å². The number of hydrogen-bond donors (Lipinski definition) is 1. The van der Waals surface area contributed by atoms with Crippen molar-refractivity contribution in [3.63, 3.8) is 0 Å². The van der Waals surface area contributed by atoms with Crippen molar-refractivity contribution in [3.05, 3.63) is 59.5 Å². The van der Waals surface area contributed by atoms with E-state index in [0.29, 0.717) is 5.76 Å². The molecule has 1 N–H and O–H groups in total. The molecular formula is C17H21NO3. The summed E-state index contributed by atoms with van der Waals surface area (Å²) in [5, 5.41) is 9.04. The monoisotopic (exact) mass is 287 g/mol. The number of morpholine rings is 1. The van der Waals surface area contributed by atoms with Gasteiger partial charge >= 0.3 is 0 Å². The zero-order valence-electron chi connectivity index (χ0n) is 12.1. The fraction of sp³-hybridized carbons (Fsp3) is 0.412. The Hall–Kier alpha value is -1.62. The van der Waals surface area contributed by atoms with E-state index >= 15 is 0 Å². The van der Waals surface area contributed by atoms with Gasteiger partial charge in [0, 0.05) is 13.1 Å². The molecule has 21 heavy (non-hydrogen) atoms. The van der Waals surface area contributed by atoms with Gasteiger partial charge in [-0.05, 0) is 24.1 Å². The number of furan rings is 1. The highest BCUT2D eigenvalue weighted by Crippen LogP contribution is 2.16. The van der Waals surface area contributed by atoms with E-state index in [1.165, 1.54) is 5.56 Å². The molecule has 1 aromatic heterocycles. The lowest BCUT2D eigenvalue weighted by Gasteiger charge is -2.32. The van der Waals surface area contributed by atoms with Gasteiger partial charge < -0.3 is 14.3 Å². The molecule has 0 saturated carbocycles. The van der Waals surface area contributed by atoms with Gasteiger partial charge in [-0.1, -0.05) is 30.3 Å². The first kappa shape index (κ1) is 14.3. The molecule has 0 spiro atoms. The first-order valence-electron chi connectivity index (χ1n) is 7.40. The zero-order chi connectivity index (χ0) is 14.5. The molecule has 1 fully saturated rings. The predicted molar refractivity (Wildman–Crippen MR) is 79.8 cm³/mol. The van der Waals surface area contributed by atoms with Crippen LogP contribution >= 0.6 is 0 Å². The van der Waals surface area contributed by atoms with Gasteiger partial charge in [0.2, 0.25) is 0 Å². The van der Waals surface area contributed by atoms with Crippen LogP contribution in [0.4, 0.5) is 0 Å². The molecule has 0 radical (unpaired) electrons. The third kappa shape index (κ3) is 3.94. The second-order valence-corrected chi connectivity index (χ2v) is 5.44. The summed E-state index contributed by atoms with van der Waals surface area (Å²) in [5.74, 6) is 1.53. The van der Waals surface area contributed by atoms with Crippen molar-refractivity contribution in [3.8, 4) is 0 Å². The van der Waals surface area contributed by atoms with E-state index in [4.69, 9.17) is 14.3 Å². The summed E-state index contributed by atoms with van der Waals surface area (Å²) in [5.41, 5.74) is 1.31. The van der Waals surface area contributed by atoms with Crippen molar-refractivity contribution < 1.29 is 14.3 Å². The summed E-state index contributed by atoms with van der Waals surface area (Å²) in [4.78, 5) is 2.34. The van der Waals surface area contributed by atoms with Crippen molar-refractivity contribution >= 4 is 0 Å². The van der Waals surface area contributed by atoms with Crippen LogP contribution in [0.1, 0.15) is 17.1 Å². The number of aliphatic hydroxyl groups excluding tert-OH is 1. The lowest BCUT2D eigenvalue weighted by atomic mass is 10.1. The van der Waals surface area contributed by atoms with Crippen molar-refractivity contribution in [2.24, 2.45) is 0 Å². The summed E-state index contributed by atoms with van der Waals surface area (Å²) >= 11 is 0. The quantitative estimate of drug-likeness (QED) is 0.916. The smallest absolute Gasteiger partial charge is 0.129 e. The van der Waals surface area contributed by atoms with Gasteiger partial charge in [0.25, 0.3) is 0 Å². The Bertz CT molecular complexity index is 552. The normalized spacial score (nSPS) is 19.8. The molecule has 4 nitrogen and oxygen atoms in total. The minimum atomic E-state index is -0.0419. The van der Waals surface area contributed by atoms with Crippen LogP contribution in [0.15, 0.2) is 46.9 Å². The molecule has 4 heteroatoms. The van der Waals surface area contributed by atoms with E-state index in [1.807, 2.05) is 18.2 Å². The van der Waals surface area contributed by atoms with E-state index in [0.717, 1.165) is 38.4 Å². The molecule has 112 valence electrons. The van der Waals surface area contributed by atoms with Gasteiger partial charge in [0.15, 0.2) is 0 Å². The van der Waals surface area contributed by atoms with Crippen molar-refractivity contribution in [2.75, 3.05) is 19.7 Å². The van der Waals surface area contributed by atoms with Gasteiger partial charge in [0.1, 0.15) is 18.1 Å². The molecule has 0 amide bonds. The molecule has 1 aliphatic heterocycles. The Kier molecular flexibility index (Phi) is 4.70. The molecule has 1 aromatic carbocycles. The van der Waals surface area contributed by atoms with E-state index in [9.17, 15) is 0 Å². The third-order valence-electron chi connectivity index (χ3n) is 3.78. The molecule has 2 aromatic rings. The second kappa shape index (κ2) is 6.89. The SMILES string of the molecule is OCc1ccc(CN2CCO[C@H](Cc3ccccc3)C2)o1. The highest BCUT2D eigenvalue weighted by Gasteiger charge is 2.21. The maximum absolute atomic E-state index is 9.04. The van der Waals surface area contributed by atoms with Gasteiger partial charge in [-0.25, -0.2) is 0 Å². The number of nitrogens with zero attached hydrogens (tertiary/aromatic N) is 1. The zero-order valence-corrected chi connectivity index (χ0v) is 12.1. The number of rotatable bonds is 5. The topological polar surface area (TPSA) is 45.8 Å². The van der Waals surface area contributed by atoms with Crippen LogP contribution in [-0.4, -0.2) is 35.8 Å². The van der Waals surface area contributed by atoms with E-state index in [-0.39, 0.29) is 12.7 Å². The standard InChI is InChI=1S/C17H21NO3/c19-13-16-7-6-15(21-16)11-18-8-9-20-17(12-18)10-14-4-2-1-3-5-14/h1-7,17,19H,8-13H2/t17-/m1/s1. The third-order valence-corrected chi connectivity index (χ3v) is 3.78. The lowest BCUT2D eigenvalue weighted by Crippen LogP contribution is -2.42. The summed E-state index contributed by atoms with van der Waals surface area (Å²) in [6.45, 7) is 3.31. The number of ether oxygens (including phenoxy) is 1. The molecule has 2 heterocycles. The molecule has 0 bridgehead atoms. The van der Waals surface area contributed by atoms with E-state index in [2.05, 4.69) is 29.2 Å². The number of benzene rings is 1. The minimum absolute atomic E-state index is 0.0419. The largest absolute Gasteiger partial charge is 0.462 e. The Balaban J connectivity index is 1.55. The van der Waals surface area contributed by atoms with Crippen molar-refractivity contribution in [1.29, 1.82) is 0 Å². The first-order valence-corrected chi connectivity index (χ1v) is 7.40. The van der Waals surface area contributed by atoms with Crippen LogP contribution in [0.25, 0.3) is 0 Å². The molecule has 1 aliphatic rings. The summed E-state index contributed by atoms with van der Waals surface area (Å²) in [6.07, 6.45) is 1.17. The summed E-state index contributed by atoms with van der Waals surface area (Å²) in [6, 6.07) is 14.2. The fourth-order valence-electron chi connectivity index (χ4n) is 2.74. The second-order valence-electron chi connectivity index (χ2n) is 5.44. The van der Waals surface area contributed by atoms with Crippen molar-refractivity contribution in [1.82, 2.24) is 4.90 Å². The van der Waals surface area contributed by atoms with Crippen LogP contribution in [0, 0.1) is 0 Å². The molecule has 1 saturated heterocycles. The summed E-state index contributed by atoms with van der Waals surface area (Å²) in [7, 11) is 0. The average Bonchev–Trinajstić information content (AvgIpc) is 2.96. The van der Waals surface area contributed by atoms with Gasteiger partial charge in [-0.3, -0.25) is 4.90 Å². The average molecular weight is 287 g/mol. The fourth-order valence-corrected chi connectivity index (χ4v) is 2.74. The highest BCUT2D eigenvalue weighted by atomic mass is 16.5. The Morgan fingerprint density at radius 2 is 1.90 bits per heavy atom. The van der Waals surface area contributed by atoms with Crippen LogP contribution in [-0.2, 0) is 24.3 Å². The molecule has 3 rings (SSSR count). The minimum Gasteiger partial charge on any atom is -0.462 e. The Morgan fingerprint density at radius 3 is 2.67 bits per heavy atom. The van der Waals surface area contributed by atoms with Gasteiger partial charge in [-0.15, -0.1) is 0 Å². The van der Waals surface area contributed by atoms with E-state index in [1.54, 1.807) is 0 Å². The Labute approximate surface area is 124 Å². The predicted octanol–water partition coefficient (Wildman–Crippen LogP) is 2.22. The first-order chi connectivity index (χ1) is 10.3. The molecule has 0 unspecified atom stereocenters. The van der Waals surface area contributed by atoms with E-state index < -0.39 is 0 Å². The van der Waals surface area contributed by atoms with Gasteiger partial charge in [-0.2, -0.15) is 0 Å². The highest BCUT2D eigenvalue weighted by molar-refractivity contribution is 5.15. The maximum atomic E-state index is 9.04. The molecule has 0 aliphatic carbocycles. The Morgan fingerprint density at radius 1 is 1.10 bits per heavy atom. The maximum Gasteiger partial charge on any atom is 0.129 e. The molecular weight excluding hydrogens is 266 g/mol. The summed E-state index contributed by atoms with van der Waals surface area (Å²) < 4.78 is 11.4. The van der Waals surface area contributed by atoms with Crippen LogP contribution < -0.4 is 0 Å². The molecule has 1 atom stereocenters. The van der Waals surface area contributed by atoms with Gasteiger partial charge in [0.05, 0.1) is 19.3 Å².